The normalized spacial score (nSPS) is 16.1. The van der Waals surface area contributed by atoms with Gasteiger partial charge >= 0.3 is 0 Å². The molecule has 20 heavy (non-hydrogen) atoms. The van der Waals surface area contributed by atoms with Gasteiger partial charge in [-0.1, -0.05) is 54.6 Å². The molecule has 0 aromatic heterocycles. The molecule has 2 N–H and O–H groups in total. The Morgan fingerprint density at radius 3 is 2.15 bits per heavy atom. The van der Waals surface area contributed by atoms with Crippen LogP contribution in [0.15, 0.2) is 54.6 Å². The molecule has 0 bridgehead atoms. The van der Waals surface area contributed by atoms with Gasteiger partial charge in [0.15, 0.2) is 0 Å². The van der Waals surface area contributed by atoms with Crippen molar-refractivity contribution in [1.29, 1.82) is 0 Å². The SMILES string of the molecule is OCC[C@@H](NC1Cc2ccccc2C1)c1ccccc1. The van der Waals surface area contributed by atoms with Crippen LogP contribution >= 0.6 is 0 Å². The molecule has 2 nitrogen and oxygen atoms in total. The fourth-order valence-electron chi connectivity index (χ4n) is 3.12. The third-order valence-electron chi connectivity index (χ3n) is 4.11. The highest BCUT2D eigenvalue weighted by molar-refractivity contribution is 5.33. The van der Waals surface area contributed by atoms with E-state index in [0.29, 0.717) is 6.04 Å². The molecule has 0 saturated carbocycles. The highest BCUT2D eigenvalue weighted by Crippen LogP contribution is 2.25. The number of hydrogen-bond donors (Lipinski definition) is 2. The van der Waals surface area contributed by atoms with Gasteiger partial charge in [-0.3, -0.25) is 0 Å². The molecule has 0 saturated heterocycles. The number of benzene rings is 2. The summed E-state index contributed by atoms with van der Waals surface area (Å²) in [6, 6.07) is 19.8. The first-order valence-corrected chi connectivity index (χ1v) is 7.35. The molecule has 1 aliphatic carbocycles. The fourth-order valence-corrected chi connectivity index (χ4v) is 3.12. The lowest BCUT2D eigenvalue weighted by Gasteiger charge is -2.23. The highest BCUT2D eigenvalue weighted by Gasteiger charge is 2.23. The van der Waals surface area contributed by atoms with Gasteiger partial charge in [-0.25, -0.2) is 0 Å². The molecule has 0 radical (unpaired) electrons. The quantitative estimate of drug-likeness (QED) is 0.873. The molecule has 2 aromatic rings. The predicted octanol–water partition coefficient (Wildman–Crippen LogP) is 2.87. The minimum atomic E-state index is 0.215. The van der Waals surface area contributed by atoms with Crippen LogP contribution in [0.25, 0.3) is 0 Å². The predicted molar refractivity (Wildman–Crippen MR) is 81.7 cm³/mol. The van der Waals surface area contributed by atoms with Crippen LogP contribution in [0.2, 0.25) is 0 Å². The maximum atomic E-state index is 9.31. The maximum Gasteiger partial charge on any atom is 0.0449 e. The van der Waals surface area contributed by atoms with Crippen molar-refractivity contribution in [2.75, 3.05) is 6.61 Å². The van der Waals surface area contributed by atoms with E-state index in [4.69, 9.17) is 0 Å². The second-order valence-corrected chi connectivity index (χ2v) is 5.52. The van der Waals surface area contributed by atoms with Gasteiger partial charge in [-0.05, 0) is 36.0 Å². The van der Waals surface area contributed by atoms with Crippen molar-refractivity contribution in [3.63, 3.8) is 0 Å². The monoisotopic (exact) mass is 267 g/mol. The van der Waals surface area contributed by atoms with Gasteiger partial charge in [0.05, 0.1) is 0 Å². The van der Waals surface area contributed by atoms with Gasteiger partial charge in [0.25, 0.3) is 0 Å². The summed E-state index contributed by atoms with van der Waals surface area (Å²) >= 11 is 0. The zero-order chi connectivity index (χ0) is 13.8. The summed E-state index contributed by atoms with van der Waals surface area (Å²) in [6.07, 6.45) is 2.94. The minimum absolute atomic E-state index is 0.215. The fraction of sp³-hybridized carbons (Fsp3) is 0.333. The Labute approximate surface area is 120 Å². The van der Waals surface area contributed by atoms with E-state index in [0.717, 1.165) is 19.3 Å². The standard InChI is InChI=1S/C18H21NO/c20-11-10-18(14-6-2-1-3-7-14)19-17-12-15-8-4-5-9-16(15)13-17/h1-9,17-20H,10-13H2/t18-/m1/s1. The molecule has 2 heteroatoms. The van der Waals surface area contributed by atoms with E-state index in [2.05, 4.69) is 53.8 Å². The van der Waals surface area contributed by atoms with Gasteiger partial charge < -0.3 is 10.4 Å². The lowest BCUT2D eigenvalue weighted by Crippen LogP contribution is -2.34. The first-order valence-electron chi connectivity index (χ1n) is 7.35. The van der Waals surface area contributed by atoms with Gasteiger partial charge in [0, 0.05) is 18.7 Å². The van der Waals surface area contributed by atoms with E-state index in [1.54, 1.807) is 0 Å². The lowest BCUT2D eigenvalue weighted by atomic mass is 10.0. The Morgan fingerprint density at radius 1 is 0.950 bits per heavy atom. The topological polar surface area (TPSA) is 32.3 Å². The van der Waals surface area contributed by atoms with Crippen LogP contribution in [0.4, 0.5) is 0 Å². The van der Waals surface area contributed by atoms with E-state index in [1.807, 2.05) is 6.07 Å². The molecular formula is C18H21NO. The summed E-state index contributed by atoms with van der Waals surface area (Å²) in [5, 5.41) is 13.0. The molecule has 1 atom stereocenters. The van der Waals surface area contributed by atoms with Crippen LogP contribution in [0, 0.1) is 0 Å². The second kappa shape index (κ2) is 6.21. The summed E-state index contributed by atoms with van der Waals surface area (Å²) in [5.41, 5.74) is 4.18. The van der Waals surface area contributed by atoms with Crippen LogP contribution in [-0.2, 0) is 12.8 Å². The van der Waals surface area contributed by atoms with Crippen LogP contribution < -0.4 is 5.32 Å². The summed E-state index contributed by atoms with van der Waals surface area (Å²) < 4.78 is 0. The Hall–Kier alpha value is -1.64. The van der Waals surface area contributed by atoms with E-state index in [1.165, 1.54) is 16.7 Å². The molecule has 0 spiro atoms. The van der Waals surface area contributed by atoms with E-state index >= 15 is 0 Å². The average Bonchev–Trinajstić information content (AvgIpc) is 2.90. The zero-order valence-corrected chi connectivity index (χ0v) is 11.6. The summed E-state index contributed by atoms with van der Waals surface area (Å²) in [4.78, 5) is 0. The maximum absolute atomic E-state index is 9.31. The molecule has 104 valence electrons. The Kier molecular flexibility index (Phi) is 4.14. The number of aliphatic hydroxyl groups is 1. The van der Waals surface area contributed by atoms with Gasteiger partial charge in [0.2, 0.25) is 0 Å². The Morgan fingerprint density at radius 2 is 1.55 bits per heavy atom. The van der Waals surface area contributed by atoms with Gasteiger partial charge in [-0.15, -0.1) is 0 Å². The average molecular weight is 267 g/mol. The van der Waals surface area contributed by atoms with Crippen molar-refractivity contribution < 1.29 is 5.11 Å². The largest absolute Gasteiger partial charge is 0.396 e. The van der Waals surface area contributed by atoms with E-state index < -0.39 is 0 Å². The zero-order valence-electron chi connectivity index (χ0n) is 11.6. The molecule has 1 aliphatic rings. The van der Waals surface area contributed by atoms with Gasteiger partial charge in [-0.2, -0.15) is 0 Å². The van der Waals surface area contributed by atoms with Crippen molar-refractivity contribution in [3.8, 4) is 0 Å². The molecule has 0 aliphatic heterocycles. The summed E-state index contributed by atoms with van der Waals surface area (Å²) in [5.74, 6) is 0. The van der Waals surface area contributed by atoms with Crippen molar-refractivity contribution in [2.45, 2.75) is 31.3 Å². The van der Waals surface area contributed by atoms with Crippen molar-refractivity contribution >= 4 is 0 Å². The van der Waals surface area contributed by atoms with Crippen molar-refractivity contribution in [3.05, 3.63) is 71.3 Å². The smallest absolute Gasteiger partial charge is 0.0449 e. The molecule has 2 aromatic carbocycles. The molecular weight excluding hydrogens is 246 g/mol. The van der Waals surface area contributed by atoms with Gasteiger partial charge in [0.1, 0.15) is 0 Å². The van der Waals surface area contributed by atoms with Crippen molar-refractivity contribution in [2.24, 2.45) is 0 Å². The number of aliphatic hydroxyl groups excluding tert-OH is 1. The summed E-state index contributed by atoms with van der Waals surface area (Å²) in [6.45, 7) is 0.215. The van der Waals surface area contributed by atoms with Crippen LogP contribution in [0.5, 0.6) is 0 Å². The molecule has 0 heterocycles. The first-order chi connectivity index (χ1) is 9.86. The molecule has 0 unspecified atom stereocenters. The third kappa shape index (κ3) is 2.92. The number of rotatable bonds is 5. The second-order valence-electron chi connectivity index (χ2n) is 5.52. The number of nitrogens with one attached hydrogen (secondary N) is 1. The Balaban J connectivity index is 1.70. The molecule has 0 amide bonds. The van der Waals surface area contributed by atoms with Crippen LogP contribution in [-0.4, -0.2) is 17.8 Å². The number of fused-ring (bicyclic) bond motifs is 1. The lowest BCUT2D eigenvalue weighted by molar-refractivity contribution is 0.259. The number of hydrogen-bond acceptors (Lipinski definition) is 2. The summed E-state index contributed by atoms with van der Waals surface area (Å²) in [7, 11) is 0. The Bertz CT molecular complexity index is 527. The van der Waals surface area contributed by atoms with E-state index in [-0.39, 0.29) is 12.6 Å². The third-order valence-corrected chi connectivity index (χ3v) is 4.11. The molecule has 3 rings (SSSR count). The minimum Gasteiger partial charge on any atom is -0.396 e. The van der Waals surface area contributed by atoms with E-state index in [9.17, 15) is 5.11 Å². The highest BCUT2D eigenvalue weighted by atomic mass is 16.3. The first kappa shape index (κ1) is 13.3. The van der Waals surface area contributed by atoms with Crippen LogP contribution in [0.1, 0.15) is 29.2 Å². The van der Waals surface area contributed by atoms with Crippen molar-refractivity contribution in [1.82, 2.24) is 5.32 Å². The molecule has 0 fully saturated rings. The van der Waals surface area contributed by atoms with Crippen LogP contribution in [0.3, 0.4) is 0 Å².